The first-order valence-electron chi connectivity index (χ1n) is 10.2. The number of hydrogen-bond donors (Lipinski definition) is 1. The van der Waals surface area contributed by atoms with Crippen molar-refractivity contribution < 1.29 is 4.79 Å². The Morgan fingerprint density at radius 3 is 2.80 bits per heavy atom. The maximum absolute atomic E-state index is 12.8. The average molecular weight is 400 g/mol. The van der Waals surface area contributed by atoms with E-state index in [0.717, 1.165) is 42.1 Å². The highest BCUT2D eigenvalue weighted by atomic mass is 16.2. The number of aromatic nitrogens is 4. The summed E-state index contributed by atoms with van der Waals surface area (Å²) in [5, 5.41) is 7.62. The molecule has 0 unspecified atom stereocenters. The van der Waals surface area contributed by atoms with Crippen LogP contribution in [-0.4, -0.2) is 44.2 Å². The van der Waals surface area contributed by atoms with Gasteiger partial charge in [0, 0.05) is 43.9 Å². The molecular formula is C23H24N6O. The summed E-state index contributed by atoms with van der Waals surface area (Å²) in [4.78, 5) is 19.6. The van der Waals surface area contributed by atoms with Gasteiger partial charge in [-0.25, -0.2) is 9.67 Å². The summed E-state index contributed by atoms with van der Waals surface area (Å²) in [5.41, 5.74) is 4.85. The molecule has 7 nitrogen and oxygen atoms in total. The number of carbonyl (C=O) groups is 1. The maximum Gasteiger partial charge on any atom is 0.272 e. The first-order valence-corrected chi connectivity index (χ1v) is 10.2. The summed E-state index contributed by atoms with van der Waals surface area (Å²) in [7, 11) is 0. The molecule has 1 aromatic carbocycles. The van der Waals surface area contributed by atoms with Crippen molar-refractivity contribution >= 4 is 17.2 Å². The molecule has 5 rings (SSSR count). The van der Waals surface area contributed by atoms with Crippen LogP contribution >= 0.6 is 0 Å². The molecular weight excluding hydrogens is 376 g/mol. The zero-order chi connectivity index (χ0) is 20.7. The van der Waals surface area contributed by atoms with Gasteiger partial charge in [-0.1, -0.05) is 18.2 Å². The average Bonchev–Trinajstić information content (AvgIpc) is 3.49. The van der Waals surface area contributed by atoms with E-state index < -0.39 is 0 Å². The van der Waals surface area contributed by atoms with Crippen LogP contribution in [0, 0.1) is 13.8 Å². The van der Waals surface area contributed by atoms with Gasteiger partial charge in [-0.15, -0.1) is 0 Å². The summed E-state index contributed by atoms with van der Waals surface area (Å²) in [5.74, 6) is 0.833. The van der Waals surface area contributed by atoms with Gasteiger partial charge in [0.25, 0.3) is 5.91 Å². The number of nitrogens with zero attached hydrogens (tertiary/aromatic N) is 5. The minimum absolute atomic E-state index is 0.0680. The second-order valence-electron chi connectivity index (χ2n) is 7.84. The third-order valence-electron chi connectivity index (χ3n) is 5.76. The lowest BCUT2D eigenvalue weighted by atomic mass is 10.2. The monoisotopic (exact) mass is 400 g/mol. The van der Waals surface area contributed by atoms with Gasteiger partial charge < -0.3 is 14.6 Å². The molecule has 4 aromatic rings. The number of fused-ring (bicyclic) bond motifs is 1. The molecule has 4 heterocycles. The standard InChI is InChI=1S/C23H24N6O/c1-16-5-3-4-6-20(16)29-13-9-19(26-29)23(30)25-18-8-12-28(15-18)22-21-17(2)7-11-27(21)14-10-24-22/h3-7,9-11,13-14,18H,8,12,15H2,1-2H3,(H,25,30)/t18-/m0/s1. The number of anilines is 1. The molecule has 1 aliphatic rings. The SMILES string of the molecule is Cc1ccccc1-n1ccc(C(=O)N[C@H]2CCN(c3nccn4ccc(C)c34)C2)n1. The second kappa shape index (κ2) is 7.33. The van der Waals surface area contributed by atoms with E-state index in [9.17, 15) is 4.79 Å². The summed E-state index contributed by atoms with van der Waals surface area (Å²) in [6.07, 6.45) is 8.55. The van der Waals surface area contributed by atoms with Crippen LogP contribution in [0.5, 0.6) is 0 Å². The Morgan fingerprint density at radius 2 is 1.93 bits per heavy atom. The number of carbonyl (C=O) groups excluding carboxylic acids is 1. The number of para-hydroxylation sites is 1. The molecule has 1 fully saturated rings. The summed E-state index contributed by atoms with van der Waals surface area (Å²) in [6, 6.07) is 11.9. The van der Waals surface area contributed by atoms with E-state index in [0.29, 0.717) is 5.69 Å². The number of rotatable bonds is 4. The lowest BCUT2D eigenvalue weighted by Gasteiger charge is -2.19. The van der Waals surface area contributed by atoms with Gasteiger partial charge in [0.15, 0.2) is 11.5 Å². The smallest absolute Gasteiger partial charge is 0.272 e. The van der Waals surface area contributed by atoms with Gasteiger partial charge in [0.1, 0.15) is 0 Å². The molecule has 0 saturated carbocycles. The first kappa shape index (κ1) is 18.4. The quantitative estimate of drug-likeness (QED) is 0.572. The Balaban J connectivity index is 1.29. The Morgan fingerprint density at radius 1 is 1.07 bits per heavy atom. The lowest BCUT2D eigenvalue weighted by Crippen LogP contribution is -2.37. The topological polar surface area (TPSA) is 67.5 Å². The Kier molecular flexibility index (Phi) is 4.50. The van der Waals surface area contributed by atoms with Gasteiger partial charge in [-0.3, -0.25) is 4.79 Å². The number of benzene rings is 1. The fourth-order valence-corrected chi connectivity index (χ4v) is 4.16. The largest absolute Gasteiger partial charge is 0.353 e. The van der Waals surface area contributed by atoms with E-state index in [1.807, 2.05) is 49.8 Å². The van der Waals surface area contributed by atoms with Crippen molar-refractivity contribution in [2.45, 2.75) is 26.3 Å². The zero-order valence-corrected chi connectivity index (χ0v) is 17.1. The van der Waals surface area contributed by atoms with Crippen molar-refractivity contribution in [3.8, 4) is 5.69 Å². The fourth-order valence-electron chi connectivity index (χ4n) is 4.16. The van der Waals surface area contributed by atoms with Crippen molar-refractivity contribution in [2.24, 2.45) is 0 Å². The van der Waals surface area contributed by atoms with Crippen molar-refractivity contribution in [2.75, 3.05) is 18.0 Å². The number of aryl methyl sites for hydroxylation is 2. The summed E-state index contributed by atoms with van der Waals surface area (Å²) >= 11 is 0. The predicted octanol–water partition coefficient (Wildman–Crippen LogP) is 3.15. The minimum atomic E-state index is -0.140. The molecule has 3 aromatic heterocycles. The van der Waals surface area contributed by atoms with E-state index in [1.54, 1.807) is 10.7 Å². The van der Waals surface area contributed by atoms with Gasteiger partial charge >= 0.3 is 0 Å². The Labute approximate surface area is 175 Å². The van der Waals surface area contributed by atoms with Crippen LogP contribution in [0.1, 0.15) is 28.0 Å². The van der Waals surface area contributed by atoms with Gasteiger partial charge in [0.2, 0.25) is 0 Å². The van der Waals surface area contributed by atoms with E-state index >= 15 is 0 Å². The summed E-state index contributed by atoms with van der Waals surface area (Å²) in [6.45, 7) is 5.73. The van der Waals surface area contributed by atoms with Crippen LogP contribution in [0.3, 0.4) is 0 Å². The highest BCUT2D eigenvalue weighted by Crippen LogP contribution is 2.26. The molecule has 0 aliphatic carbocycles. The molecule has 1 N–H and O–H groups in total. The molecule has 1 amide bonds. The molecule has 1 atom stereocenters. The van der Waals surface area contributed by atoms with Crippen molar-refractivity contribution in [1.29, 1.82) is 0 Å². The zero-order valence-electron chi connectivity index (χ0n) is 17.1. The lowest BCUT2D eigenvalue weighted by molar-refractivity contribution is 0.0935. The third-order valence-corrected chi connectivity index (χ3v) is 5.76. The summed E-state index contributed by atoms with van der Waals surface area (Å²) < 4.78 is 3.85. The number of amides is 1. The predicted molar refractivity (Wildman–Crippen MR) is 116 cm³/mol. The molecule has 30 heavy (non-hydrogen) atoms. The van der Waals surface area contributed by atoms with Gasteiger partial charge in [-0.05, 0) is 49.6 Å². The number of nitrogens with one attached hydrogen (secondary N) is 1. The fraction of sp³-hybridized carbons (Fsp3) is 0.261. The van der Waals surface area contributed by atoms with Crippen LogP contribution in [0.15, 0.2) is 61.2 Å². The van der Waals surface area contributed by atoms with Crippen LogP contribution in [-0.2, 0) is 0 Å². The van der Waals surface area contributed by atoms with Crippen LogP contribution in [0.25, 0.3) is 11.2 Å². The number of hydrogen-bond acceptors (Lipinski definition) is 4. The van der Waals surface area contributed by atoms with E-state index in [-0.39, 0.29) is 11.9 Å². The van der Waals surface area contributed by atoms with Gasteiger partial charge in [0.05, 0.1) is 11.2 Å². The van der Waals surface area contributed by atoms with Crippen LogP contribution in [0.4, 0.5) is 5.82 Å². The minimum Gasteiger partial charge on any atom is -0.353 e. The van der Waals surface area contributed by atoms with E-state index in [4.69, 9.17) is 0 Å². The Hall–Kier alpha value is -3.61. The second-order valence-corrected chi connectivity index (χ2v) is 7.84. The molecule has 0 spiro atoms. The van der Waals surface area contributed by atoms with Crippen molar-refractivity contribution in [3.05, 3.63) is 78.0 Å². The maximum atomic E-state index is 12.8. The molecule has 152 valence electrons. The highest BCUT2D eigenvalue weighted by Gasteiger charge is 2.27. The molecule has 0 bridgehead atoms. The highest BCUT2D eigenvalue weighted by molar-refractivity contribution is 5.92. The molecule has 0 radical (unpaired) electrons. The molecule has 7 heteroatoms. The first-order chi connectivity index (χ1) is 14.6. The third kappa shape index (κ3) is 3.22. The van der Waals surface area contributed by atoms with Gasteiger partial charge in [-0.2, -0.15) is 5.10 Å². The van der Waals surface area contributed by atoms with Crippen LogP contribution in [0.2, 0.25) is 0 Å². The van der Waals surface area contributed by atoms with Crippen LogP contribution < -0.4 is 10.2 Å². The normalized spacial score (nSPS) is 16.3. The van der Waals surface area contributed by atoms with Crippen molar-refractivity contribution in [3.63, 3.8) is 0 Å². The molecule has 1 aliphatic heterocycles. The molecule has 1 saturated heterocycles. The Bertz CT molecular complexity index is 1220. The van der Waals surface area contributed by atoms with Crippen molar-refractivity contribution in [1.82, 2.24) is 24.5 Å². The van der Waals surface area contributed by atoms with E-state index in [2.05, 4.69) is 43.9 Å². The van der Waals surface area contributed by atoms with E-state index in [1.165, 1.54) is 5.56 Å².